The molecule has 0 spiro atoms. The van der Waals surface area contributed by atoms with Crippen molar-refractivity contribution in [3.63, 3.8) is 0 Å². The van der Waals surface area contributed by atoms with Crippen LogP contribution < -0.4 is 0 Å². The summed E-state index contributed by atoms with van der Waals surface area (Å²) in [7, 11) is 0. The highest BCUT2D eigenvalue weighted by Gasteiger charge is 2.13. The molecule has 0 fully saturated rings. The standard InChI is InChI=1S/C9H7F2NOS/c10-8(11)9-12-6-3-5(4-13)1-2-7(6)14-9/h1-3,8,13H,4H2. The molecular formula is C9H7F2NOS. The minimum Gasteiger partial charge on any atom is -0.392 e. The zero-order valence-corrected chi connectivity index (χ0v) is 7.89. The van der Waals surface area contributed by atoms with Gasteiger partial charge in [-0.05, 0) is 17.7 Å². The molecule has 2 rings (SSSR count). The lowest BCUT2D eigenvalue weighted by Crippen LogP contribution is -1.82. The number of halogens is 2. The van der Waals surface area contributed by atoms with Crippen LogP contribution in [0.4, 0.5) is 8.78 Å². The first-order valence-corrected chi connectivity index (χ1v) is 4.80. The van der Waals surface area contributed by atoms with Crippen molar-refractivity contribution in [2.45, 2.75) is 13.0 Å². The van der Waals surface area contributed by atoms with E-state index in [1.807, 2.05) is 0 Å². The van der Waals surface area contributed by atoms with Crippen molar-refractivity contribution < 1.29 is 13.9 Å². The van der Waals surface area contributed by atoms with Crippen molar-refractivity contribution in [2.24, 2.45) is 0 Å². The molecule has 2 nitrogen and oxygen atoms in total. The van der Waals surface area contributed by atoms with Crippen LogP contribution in [-0.2, 0) is 6.61 Å². The third kappa shape index (κ3) is 1.60. The number of aromatic nitrogens is 1. The molecule has 0 aliphatic heterocycles. The van der Waals surface area contributed by atoms with Gasteiger partial charge in [0.15, 0.2) is 5.01 Å². The minimum atomic E-state index is -2.52. The van der Waals surface area contributed by atoms with Crippen molar-refractivity contribution in [1.82, 2.24) is 4.98 Å². The third-order valence-corrected chi connectivity index (χ3v) is 2.88. The maximum Gasteiger partial charge on any atom is 0.289 e. The van der Waals surface area contributed by atoms with Crippen LogP contribution in [-0.4, -0.2) is 10.1 Å². The Kier molecular flexibility index (Phi) is 2.43. The second-order valence-electron chi connectivity index (χ2n) is 2.81. The van der Waals surface area contributed by atoms with E-state index in [9.17, 15) is 8.78 Å². The van der Waals surface area contributed by atoms with Gasteiger partial charge in [-0.1, -0.05) is 6.07 Å². The first kappa shape index (κ1) is 9.48. The number of nitrogens with zero attached hydrogens (tertiary/aromatic N) is 1. The summed E-state index contributed by atoms with van der Waals surface area (Å²) in [5.41, 5.74) is 1.21. The molecule has 1 N–H and O–H groups in total. The third-order valence-electron chi connectivity index (χ3n) is 1.84. The quantitative estimate of drug-likeness (QED) is 0.835. The molecule has 0 saturated heterocycles. The number of fused-ring (bicyclic) bond motifs is 1. The van der Waals surface area contributed by atoms with Gasteiger partial charge in [0.25, 0.3) is 6.43 Å². The largest absolute Gasteiger partial charge is 0.392 e. The van der Waals surface area contributed by atoms with Gasteiger partial charge in [0.05, 0.1) is 16.8 Å². The van der Waals surface area contributed by atoms with Crippen molar-refractivity contribution in [3.05, 3.63) is 28.8 Å². The molecule has 1 heterocycles. The molecule has 14 heavy (non-hydrogen) atoms. The van der Waals surface area contributed by atoms with E-state index in [4.69, 9.17) is 5.11 Å². The van der Waals surface area contributed by atoms with E-state index in [0.29, 0.717) is 11.1 Å². The summed E-state index contributed by atoms with van der Waals surface area (Å²) < 4.78 is 25.3. The summed E-state index contributed by atoms with van der Waals surface area (Å²) in [5.74, 6) is 0. The van der Waals surface area contributed by atoms with E-state index in [-0.39, 0.29) is 11.6 Å². The molecule has 0 aliphatic rings. The normalized spacial score (nSPS) is 11.4. The van der Waals surface area contributed by atoms with Crippen LogP contribution >= 0.6 is 11.3 Å². The molecule has 0 unspecified atom stereocenters. The Morgan fingerprint density at radius 1 is 1.43 bits per heavy atom. The van der Waals surface area contributed by atoms with Gasteiger partial charge in [-0.25, -0.2) is 13.8 Å². The Balaban J connectivity index is 2.54. The van der Waals surface area contributed by atoms with Crippen LogP contribution in [0.1, 0.15) is 17.0 Å². The highest BCUT2D eigenvalue weighted by atomic mass is 32.1. The molecule has 0 amide bonds. The zero-order valence-electron chi connectivity index (χ0n) is 7.08. The van der Waals surface area contributed by atoms with Crippen LogP contribution in [0.3, 0.4) is 0 Å². The Labute approximate surface area is 82.8 Å². The van der Waals surface area contributed by atoms with Crippen LogP contribution in [0.25, 0.3) is 10.2 Å². The van der Waals surface area contributed by atoms with Crippen molar-refractivity contribution in [3.8, 4) is 0 Å². The van der Waals surface area contributed by atoms with Crippen LogP contribution in [0.5, 0.6) is 0 Å². The number of hydrogen-bond acceptors (Lipinski definition) is 3. The average Bonchev–Trinajstić information content (AvgIpc) is 2.59. The predicted molar refractivity (Wildman–Crippen MR) is 50.5 cm³/mol. The summed E-state index contributed by atoms with van der Waals surface area (Å²) in [5, 5.41) is 8.67. The second kappa shape index (κ2) is 3.59. The van der Waals surface area contributed by atoms with Gasteiger partial charge in [0, 0.05) is 0 Å². The summed E-state index contributed by atoms with van der Waals surface area (Å²) in [6, 6.07) is 5.03. The van der Waals surface area contributed by atoms with Gasteiger partial charge in [-0.3, -0.25) is 0 Å². The van der Waals surface area contributed by atoms with Gasteiger partial charge in [-0.15, -0.1) is 11.3 Å². The zero-order chi connectivity index (χ0) is 10.1. The van der Waals surface area contributed by atoms with Gasteiger partial charge < -0.3 is 5.11 Å². The van der Waals surface area contributed by atoms with Crippen molar-refractivity contribution in [2.75, 3.05) is 0 Å². The second-order valence-corrected chi connectivity index (χ2v) is 3.88. The van der Waals surface area contributed by atoms with Crippen molar-refractivity contribution >= 4 is 21.6 Å². The van der Waals surface area contributed by atoms with E-state index in [2.05, 4.69) is 4.98 Å². The minimum absolute atomic E-state index is 0.0997. The number of aliphatic hydroxyl groups is 1. The van der Waals surface area contributed by atoms with E-state index in [1.54, 1.807) is 18.2 Å². The van der Waals surface area contributed by atoms with Crippen LogP contribution in [0.2, 0.25) is 0 Å². The van der Waals surface area contributed by atoms with E-state index in [1.165, 1.54) is 0 Å². The Hall–Kier alpha value is -1.07. The number of benzene rings is 1. The SMILES string of the molecule is OCc1ccc2sc(C(F)F)nc2c1. The Morgan fingerprint density at radius 2 is 2.21 bits per heavy atom. The number of thiazole rings is 1. The summed E-state index contributed by atoms with van der Waals surface area (Å²) in [4.78, 5) is 3.78. The highest BCUT2D eigenvalue weighted by Crippen LogP contribution is 2.29. The van der Waals surface area contributed by atoms with Gasteiger partial charge in [0.1, 0.15) is 0 Å². The van der Waals surface area contributed by atoms with E-state index < -0.39 is 6.43 Å². The maximum atomic E-state index is 12.3. The van der Waals surface area contributed by atoms with E-state index >= 15 is 0 Å². The molecule has 0 radical (unpaired) electrons. The molecule has 1 aromatic carbocycles. The number of alkyl halides is 2. The molecular weight excluding hydrogens is 208 g/mol. The van der Waals surface area contributed by atoms with Gasteiger partial charge in [0.2, 0.25) is 0 Å². The highest BCUT2D eigenvalue weighted by molar-refractivity contribution is 7.18. The number of rotatable bonds is 2. The summed E-state index contributed by atoms with van der Waals surface area (Å²) >= 11 is 0.982. The number of hydrogen-bond donors (Lipinski definition) is 1. The summed E-state index contributed by atoms with van der Waals surface area (Å²) in [6.07, 6.45) is -2.52. The smallest absolute Gasteiger partial charge is 0.289 e. The predicted octanol–water partition coefficient (Wildman–Crippen LogP) is 2.73. The van der Waals surface area contributed by atoms with Crippen LogP contribution in [0.15, 0.2) is 18.2 Å². The molecule has 0 bridgehead atoms. The first-order chi connectivity index (χ1) is 6.70. The lowest BCUT2D eigenvalue weighted by molar-refractivity contribution is 0.151. The van der Waals surface area contributed by atoms with Gasteiger partial charge in [-0.2, -0.15) is 0 Å². The molecule has 5 heteroatoms. The maximum absolute atomic E-state index is 12.3. The monoisotopic (exact) mass is 215 g/mol. The molecule has 0 saturated carbocycles. The molecule has 0 atom stereocenters. The van der Waals surface area contributed by atoms with Crippen molar-refractivity contribution in [1.29, 1.82) is 0 Å². The molecule has 0 aliphatic carbocycles. The topological polar surface area (TPSA) is 33.1 Å². The van der Waals surface area contributed by atoms with Gasteiger partial charge >= 0.3 is 0 Å². The molecule has 2 aromatic rings. The Morgan fingerprint density at radius 3 is 2.86 bits per heavy atom. The fourth-order valence-electron chi connectivity index (χ4n) is 1.18. The number of aliphatic hydroxyl groups excluding tert-OH is 1. The molecule has 1 aromatic heterocycles. The first-order valence-electron chi connectivity index (χ1n) is 3.99. The average molecular weight is 215 g/mol. The summed E-state index contributed by atoms with van der Waals surface area (Å²) in [6.45, 7) is -0.0997. The Bertz CT molecular complexity index is 455. The lowest BCUT2D eigenvalue weighted by atomic mass is 10.2. The van der Waals surface area contributed by atoms with E-state index in [0.717, 1.165) is 16.0 Å². The molecule has 74 valence electrons. The fourth-order valence-corrected chi connectivity index (χ4v) is 1.99. The lowest BCUT2D eigenvalue weighted by Gasteiger charge is -1.93. The fraction of sp³-hybridized carbons (Fsp3) is 0.222. The van der Waals surface area contributed by atoms with Crippen LogP contribution in [0, 0.1) is 0 Å².